The highest BCUT2D eigenvalue weighted by molar-refractivity contribution is 7.92. The number of nitro groups is 1. The lowest BCUT2D eigenvalue weighted by Gasteiger charge is -2.25. The molecule has 0 saturated carbocycles. The van der Waals surface area contributed by atoms with Gasteiger partial charge in [-0.25, -0.2) is 8.42 Å². The van der Waals surface area contributed by atoms with E-state index in [2.05, 4.69) is 5.32 Å². The average Bonchev–Trinajstić information content (AvgIpc) is 2.80. The predicted octanol–water partition coefficient (Wildman–Crippen LogP) is 4.59. The molecule has 3 aromatic carbocycles. The van der Waals surface area contributed by atoms with Gasteiger partial charge >= 0.3 is 0 Å². The lowest BCUT2D eigenvalue weighted by Crippen LogP contribution is -2.41. The number of rotatable bonds is 8. The van der Waals surface area contributed by atoms with E-state index in [1.165, 1.54) is 30.3 Å². The zero-order valence-electron chi connectivity index (χ0n) is 19.5. The summed E-state index contributed by atoms with van der Waals surface area (Å²) in [4.78, 5) is 23.7. The number of hydrogen-bond acceptors (Lipinski definition) is 5. The summed E-state index contributed by atoms with van der Waals surface area (Å²) in [6, 6.07) is 16.6. The van der Waals surface area contributed by atoms with Crippen LogP contribution in [0.3, 0.4) is 0 Å². The van der Waals surface area contributed by atoms with Gasteiger partial charge in [0.25, 0.3) is 15.7 Å². The third-order valence-corrected chi connectivity index (χ3v) is 7.46. The number of carbonyl (C=O) groups is 1. The Bertz CT molecular complexity index is 1320. The van der Waals surface area contributed by atoms with Crippen molar-refractivity contribution in [1.82, 2.24) is 5.32 Å². The molecule has 34 heavy (non-hydrogen) atoms. The van der Waals surface area contributed by atoms with E-state index in [1.54, 1.807) is 18.2 Å². The van der Waals surface area contributed by atoms with E-state index in [1.807, 2.05) is 39.8 Å². The van der Waals surface area contributed by atoms with Gasteiger partial charge in [0.15, 0.2) is 0 Å². The van der Waals surface area contributed by atoms with Gasteiger partial charge in [0.2, 0.25) is 5.91 Å². The molecule has 0 aliphatic heterocycles. The topological polar surface area (TPSA) is 110 Å². The monoisotopic (exact) mass is 481 g/mol. The third kappa shape index (κ3) is 5.43. The van der Waals surface area contributed by atoms with Crippen molar-refractivity contribution in [2.24, 2.45) is 0 Å². The van der Waals surface area contributed by atoms with E-state index in [-0.39, 0.29) is 22.3 Å². The molecule has 3 aromatic rings. The van der Waals surface area contributed by atoms with Crippen LogP contribution in [0.2, 0.25) is 0 Å². The van der Waals surface area contributed by atoms with Crippen LogP contribution in [0.25, 0.3) is 0 Å². The Morgan fingerprint density at radius 1 is 0.971 bits per heavy atom. The van der Waals surface area contributed by atoms with Gasteiger partial charge in [0.1, 0.15) is 6.54 Å². The molecule has 0 spiro atoms. The van der Waals surface area contributed by atoms with Crippen molar-refractivity contribution >= 4 is 27.3 Å². The molecule has 0 fully saturated rings. The molecule has 0 aromatic heterocycles. The van der Waals surface area contributed by atoms with Crippen LogP contribution in [0.5, 0.6) is 0 Å². The largest absolute Gasteiger partial charge is 0.348 e. The summed E-state index contributed by atoms with van der Waals surface area (Å²) in [5, 5.41) is 14.1. The molecule has 8 nitrogen and oxygen atoms in total. The lowest BCUT2D eigenvalue weighted by atomic mass is 9.96. The second-order valence-corrected chi connectivity index (χ2v) is 10.0. The van der Waals surface area contributed by atoms with E-state index in [4.69, 9.17) is 0 Å². The molecular weight excluding hydrogens is 454 g/mol. The molecule has 0 heterocycles. The Morgan fingerprint density at radius 3 is 2.26 bits per heavy atom. The molecule has 0 radical (unpaired) electrons. The number of carbonyl (C=O) groups excluding carboxylic acids is 1. The molecule has 1 amide bonds. The maximum Gasteiger partial charge on any atom is 0.271 e. The summed E-state index contributed by atoms with van der Waals surface area (Å²) in [6.07, 6.45) is 0. The highest BCUT2D eigenvalue weighted by atomic mass is 32.2. The second kappa shape index (κ2) is 10.0. The van der Waals surface area contributed by atoms with Gasteiger partial charge < -0.3 is 5.32 Å². The summed E-state index contributed by atoms with van der Waals surface area (Å²) in [7, 11) is -4.16. The molecule has 0 aliphatic carbocycles. The highest BCUT2D eigenvalue weighted by Crippen LogP contribution is 2.27. The number of nitro benzene ring substituents is 1. The van der Waals surface area contributed by atoms with Crippen molar-refractivity contribution in [3.05, 3.63) is 99.1 Å². The Morgan fingerprint density at radius 2 is 1.62 bits per heavy atom. The van der Waals surface area contributed by atoms with E-state index >= 15 is 0 Å². The van der Waals surface area contributed by atoms with Crippen LogP contribution in [0.15, 0.2) is 71.6 Å². The van der Waals surface area contributed by atoms with E-state index in [0.717, 1.165) is 32.6 Å². The summed E-state index contributed by atoms with van der Waals surface area (Å²) in [6.45, 7) is 7.26. The molecule has 0 saturated heterocycles. The number of amides is 1. The minimum atomic E-state index is -4.16. The Balaban J connectivity index is 1.94. The summed E-state index contributed by atoms with van der Waals surface area (Å²) in [5.41, 5.74) is 3.94. The van der Waals surface area contributed by atoms with Crippen LogP contribution in [-0.4, -0.2) is 25.8 Å². The quantitative estimate of drug-likeness (QED) is 0.374. The Labute approximate surface area is 199 Å². The molecule has 1 N–H and O–H groups in total. The minimum absolute atomic E-state index is 0.0210. The lowest BCUT2D eigenvalue weighted by molar-refractivity contribution is -0.384. The number of aryl methyl sites for hydroxylation is 3. The number of sulfonamides is 1. The van der Waals surface area contributed by atoms with Crippen LogP contribution in [0.4, 0.5) is 11.4 Å². The van der Waals surface area contributed by atoms with Crippen molar-refractivity contribution < 1.29 is 18.1 Å². The number of hydrogen-bond donors (Lipinski definition) is 1. The zero-order chi connectivity index (χ0) is 25.0. The normalized spacial score (nSPS) is 12.1. The first-order valence-corrected chi connectivity index (χ1v) is 12.1. The van der Waals surface area contributed by atoms with E-state index in [9.17, 15) is 23.3 Å². The van der Waals surface area contributed by atoms with Crippen molar-refractivity contribution in [3.63, 3.8) is 0 Å². The average molecular weight is 482 g/mol. The number of non-ortho nitro benzene ring substituents is 1. The van der Waals surface area contributed by atoms with Crippen molar-refractivity contribution in [2.75, 3.05) is 10.8 Å². The van der Waals surface area contributed by atoms with Crippen LogP contribution in [-0.2, 0) is 14.8 Å². The maximum atomic E-state index is 13.4. The molecule has 0 bridgehead atoms. The fourth-order valence-electron chi connectivity index (χ4n) is 3.74. The number of anilines is 1. The Hall–Kier alpha value is -3.72. The van der Waals surface area contributed by atoms with Crippen molar-refractivity contribution in [2.45, 2.75) is 38.6 Å². The van der Waals surface area contributed by atoms with Crippen LogP contribution < -0.4 is 9.62 Å². The van der Waals surface area contributed by atoms with E-state index in [0.29, 0.717) is 0 Å². The molecule has 0 aliphatic rings. The van der Waals surface area contributed by atoms with Crippen LogP contribution >= 0.6 is 0 Å². The van der Waals surface area contributed by atoms with E-state index < -0.39 is 27.4 Å². The second-order valence-electron chi connectivity index (χ2n) is 8.18. The van der Waals surface area contributed by atoms with Gasteiger partial charge in [0.05, 0.1) is 21.5 Å². The smallest absolute Gasteiger partial charge is 0.271 e. The first-order valence-electron chi connectivity index (χ1n) is 10.7. The molecule has 3 rings (SSSR count). The molecule has 1 atom stereocenters. The van der Waals surface area contributed by atoms with Gasteiger partial charge in [-0.2, -0.15) is 0 Å². The standard InChI is InChI=1S/C25H27N3O5S/c1-17-13-19(3)24(14-18(17)2)20(4)26-25(29)16-27(21-9-8-10-22(15-21)28(30)31)34(32,33)23-11-6-5-7-12-23/h5-15,20H,16H2,1-4H3,(H,26,29)/t20-/m0/s1. The predicted molar refractivity (Wildman–Crippen MR) is 131 cm³/mol. The fraction of sp³-hybridized carbons (Fsp3) is 0.240. The van der Waals surface area contributed by atoms with Crippen molar-refractivity contribution in [3.8, 4) is 0 Å². The SMILES string of the molecule is Cc1cc(C)c([C@H](C)NC(=O)CN(c2cccc([N+](=O)[O-])c2)S(=O)(=O)c2ccccc2)cc1C. The summed E-state index contributed by atoms with van der Waals surface area (Å²) in [5.74, 6) is -0.531. The molecule has 9 heteroatoms. The number of benzene rings is 3. The third-order valence-electron chi connectivity index (χ3n) is 5.67. The van der Waals surface area contributed by atoms with Gasteiger partial charge in [-0.15, -0.1) is 0 Å². The zero-order valence-corrected chi connectivity index (χ0v) is 20.3. The highest BCUT2D eigenvalue weighted by Gasteiger charge is 2.28. The summed E-state index contributed by atoms with van der Waals surface area (Å²) < 4.78 is 27.7. The van der Waals surface area contributed by atoms with Crippen LogP contribution in [0, 0.1) is 30.9 Å². The van der Waals surface area contributed by atoms with Crippen molar-refractivity contribution in [1.29, 1.82) is 0 Å². The van der Waals surface area contributed by atoms with Gasteiger partial charge in [-0.1, -0.05) is 36.4 Å². The Kier molecular flexibility index (Phi) is 7.36. The number of nitrogens with zero attached hydrogens (tertiary/aromatic N) is 2. The summed E-state index contributed by atoms with van der Waals surface area (Å²) >= 11 is 0. The number of nitrogens with one attached hydrogen (secondary N) is 1. The maximum absolute atomic E-state index is 13.4. The molecule has 0 unspecified atom stereocenters. The molecular formula is C25H27N3O5S. The minimum Gasteiger partial charge on any atom is -0.348 e. The van der Waals surface area contributed by atoms with Gasteiger partial charge in [0, 0.05) is 12.1 Å². The first kappa shape index (κ1) is 24.9. The van der Waals surface area contributed by atoms with Crippen LogP contribution in [0.1, 0.15) is 35.2 Å². The van der Waals surface area contributed by atoms with Gasteiger partial charge in [-0.05, 0) is 68.1 Å². The first-order chi connectivity index (χ1) is 16.0. The van der Waals surface area contributed by atoms with Gasteiger partial charge in [-0.3, -0.25) is 19.2 Å². The molecule has 178 valence electrons. The fourth-order valence-corrected chi connectivity index (χ4v) is 5.18.